The van der Waals surface area contributed by atoms with Gasteiger partial charge >= 0.3 is 0 Å². The average Bonchev–Trinajstić information content (AvgIpc) is 3.15. The third kappa shape index (κ3) is 3.92. The number of nitrogens with zero attached hydrogens (tertiary/aromatic N) is 3. The molecule has 1 aliphatic heterocycles. The van der Waals surface area contributed by atoms with Gasteiger partial charge in [-0.05, 0) is 40.0 Å². The number of nitrogens with one attached hydrogen (secondary N) is 3. The topological polar surface area (TPSA) is 117 Å². The predicted octanol–water partition coefficient (Wildman–Crippen LogP) is 0.674. The molecule has 0 amide bonds. The van der Waals surface area contributed by atoms with Gasteiger partial charge in [-0.25, -0.2) is 9.02 Å². The van der Waals surface area contributed by atoms with E-state index >= 15 is 0 Å². The van der Waals surface area contributed by atoms with Gasteiger partial charge in [0.15, 0.2) is 11.5 Å². The van der Waals surface area contributed by atoms with Crippen molar-refractivity contribution < 1.29 is 19.0 Å². The van der Waals surface area contributed by atoms with Gasteiger partial charge in [-0.1, -0.05) is 6.07 Å². The number of morpholine rings is 1. The molecular formula is C17H21FN6O3. The van der Waals surface area contributed by atoms with Crippen molar-refractivity contribution in [2.75, 3.05) is 38.1 Å². The van der Waals surface area contributed by atoms with Gasteiger partial charge in [0.25, 0.3) is 0 Å². The normalized spacial score (nSPS) is 22.1. The highest BCUT2D eigenvalue weighted by Crippen LogP contribution is 2.35. The Morgan fingerprint density at radius 2 is 2.33 bits per heavy atom. The van der Waals surface area contributed by atoms with Gasteiger partial charge in [0.2, 0.25) is 5.82 Å². The molecule has 2 aliphatic rings. The zero-order chi connectivity index (χ0) is 18.6. The van der Waals surface area contributed by atoms with Gasteiger partial charge in [-0.3, -0.25) is 15.7 Å². The molecule has 2 atom stereocenters. The zero-order valence-electron chi connectivity index (χ0n) is 14.6. The van der Waals surface area contributed by atoms with Crippen LogP contribution in [0, 0.1) is 5.82 Å². The van der Waals surface area contributed by atoms with Crippen LogP contribution in [0.3, 0.4) is 0 Å². The molecule has 2 aromatic rings. The molecule has 10 heteroatoms. The summed E-state index contributed by atoms with van der Waals surface area (Å²) in [7, 11) is 0. The first-order valence-electron chi connectivity index (χ1n) is 8.86. The van der Waals surface area contributed by atoms with Crippen LogP contribution in [0.25, 0.3) is 0 Å². The Hall–Kier alpha value is -2.56. The SMILES string of the molecule is ONC(=NC[C@H]1Cc2ccc(F)cc21)c1nonc1NC[C@H]1CNCCO1. The van der Waals surface area contributed by atoms with Gasteiger partial charge in [0, 0.05) is 32.1 Å². The number of aliphatic imine (C=N–C) groups is 1. The number of halogens is 1. The summed E-state index contributed by atoms with van der Waals surface area (Å²) >= 11 is 0. The fraction of sp³-hybridized carbons (Fsp3) is 0.471. The Bertz CT molecular complexity index is 821. The van der Waals surface area contributed by atoms with Crippen LogP contribution in [0.15, 0.2) is 27.8 Å². The second-order valence-electron chi connectivity index (χ2n) is 6.58. The van der Waals surface area contributed by atoms with Crippen molar-refractivity contribution in [1.29, 1.82) is 0 Å². The van der Waals surface area contributed by atoms with Crippen LogP contribution in [0.4, 0.5) is 10.2 Å². The van der Waals surface area contributed by atoms with E-state index in [-0.39, 0.29) is 29.4 Å². The van der Waals surface area contributed by atoms with Gasteiger partial charge in [0.05, 0.1) is 12.7 Å². The lowest BCUT2D eigenvalue weighted by Gasteiger charge is -2.28. The van der Waals surface area contributed by atoms with Crippen molar-refractivity contribution >= 4 is 11.7 Å². The minimum absolute atomic E-state index is 0.00662. The van der Waals surface area contributed by atoms with Crippen LogP contribution in [-0.2, 0) is 11.2 Å². The van der Waals surface area contributed by atoms with Crippen molar-refractivity contribution in [1.82, 2.24) is 21.1 Å². The van der Waals surface area contributed by atoms with Gasteiger partial charge in [-0.2, -0.15) is 0 Å². The van der Waals surface area contributed by atoms with Gasteiger partial charge < -0.3 is 15.4 Å². The number of anilines is 1. The van der Waals surface area contributed by atoms with Gasteiger partial charge in [-0.15, -0.1) is 0 Å². The zero-order valence-corrected chi connectivity index (χ0v) is 14.6. The Labute approximate surface area is 154 Å². The molecule has 4 N–H and O–H groups in total. The van der Waals surface area contributed by atoms with Gasteiger partial charge in [0.1, 0.15) is 5.82 Å². The quantitative estimate of drug-likeness (QED) is 0.330. The second-order valence-corrected chi connectivity index (χ2v) is 6.58. The summed E-state index contributed by atoms with van der Waals surface area (Å²) in [4.78, 5) is 4.38. The molecule has 1 aromatic heterocycles. The fourth-order valence-corrected chi connectivity index (χ4v) is 3.32. The lowest BCUT2D eigenvalue weighted by Crippen LogP contribution is -2.42. The molecule has 1 saturated heterocycles. The standard InChI is InChI=1S/C17H21FN6O3/c18-12-2-1-10-5-11(14(10)6-12)7-20-16(22-25)15-17(24-27-23-15)21-9-13-8-19-3-4-26-13/h1-2,6,11,13,19,25H,3-5,7-9H2,(H,20,22)(H,21,24)/t11-,13-/m1/s1. The molecule has 1 aliphatic carbocycles. The molecule has 9 nitrogen and oxygen atoms in total. The summed E-state index contributed by atoms with van der Waals surface area (Å²) < 4.78 is 23.8. The molecular weight excluding hydrogens is 355 g/mol. The fourth-order valence-electron chi connectivity index (χ4n) is 3.32. The first-order chi connectivity index (χ1) is 13.2. The van der Waals surface area contributed by atoms with E-state index in [1.165, 1.54) is 12.1 Å². The summed E-state index contributed by atoms with van der Waals surface area (Å²) in [5.74, 6) is 0.363. The number of amidine groups is 1. The van der Waals surface area contributed by atoms with E-state index in [2.05, 4.69) is 31.4 Å². The lowest BCUT2D eigenvalue weighted by atomic mass is 9.77. The molecule has 0 spiro atoms. The van der Waals surface area contributed by atoms with Crippen LogP contribution in [0.1, 0.15) is 22.7 Å². The Balaban J connectivity index is 1.40. The largest absolute Gasteiger partial charge is 0.374 e. The Morgan fingerprint density at radius 1 is 1.41 bits per heavy atom. The second kappa shape index (κ2) is 7.99. The number of rotatable bonds is 6. The highest BCUT2D eigenvalue weighted by molar-refractivity contribution is 6.00. The first-order valence-corrected chi connectivity index (χ1v) is 8.86. The predicted molar refractivity (Wildman–Crippen MR) is 94.6 cm³/mol. The molecule has 1 aromatic carbocycles. The minimum Gasteiger partial charge on any atom is -0.374 e. The van der Waals surface area contributed by atoms with E-state index in [4.69, 9.17) is 9.37 Å². The molecule has 4 rings (SSSR count). The van der Waals surface area contributed by atoms with Crippen molar-refractivity contribution in [2.24, 2.45) is 4.99 Å². The van der Waals surface area contributed by atoms with Crippen molar-refractivity contribution in [3.63, 3.8) is 0 Å². The molecule has 0 bridgehead atoms. The van der Waals surface area contributed by atoms with E-state index < -0.39 is 0 Å². The molecule has 2 heterocycles. The maximum atomic E-state index is 13.4. The van der Waals surface area contributed by atoms with E-state index in [9.17, 15) is 9.60 Å². The van der Waals surface area contributed by atoms with E-state index in [1.54, 1.807) is 6.07 Å². The molecule has 27 heavy (non-hydrogen) atoms. The van der Waals surface area contributed by atoms with Crippen LogP contribution in [0.5, 0.6) is 0 Å². The van der Waals surface area contributed by atoms with Crippen LogP contribution < -0.4 is 16.1 Å². The highest BCUT2D eigenvalue weighted by atomic mass is 19.1. The number of hydrogen-bond donors (Lipinski definition) is 4. The molecule has 0 saturated carbocycles. The minimum atomic E-state index is -0.255. The lowest BCUT2D eigenvalue weighted by molar-refractivity contribution is 0.0371. The first kappa shape index (κ1) is 17.8. The summed E-state index contributed by atoms with van der Waals surface area (Å²) in [5.41, 5.74) is 4.41. The van der Waals surface area contributed by atoms with E-state index in [0.717, 1.165) is 30.6 Å². The number of hydroxylamine groups is 1. The number of aromatic nitrogens is 2. The molecule has 1 fully saturated rings. The van der Waals surface area contributed by atoms with Crippen molar-refractivity contribution in [3.8, 4) is 0 Å². The maximum Gasteiger partial charge on any atom is 0.202 e. The van der Waals surface area contributed by atoms with E-state index in [1.807, 2.05) is 0 Å². The average molecular weight is 376 g/mol. The third-order valence-electron chi connectivity index (χ3n) is 4.80. The van der Waals surface area contributed by atoms with Crippen LogP contribution in [0.2, 0.25) is 0 Å². The number of hydrogen-bond acceptors (Lipinski definition) is 8. The van der Waals surface area contributed by atoms with Crippen LogP contribution >= 0.6 is 0 Å². The summed E-state index contributed by atoms with van der Waals surface area (Å²) in [6.07, 6.45) is 0.832. The Morgan fingerprint density at radius 3 is 3.15 bits per heavy atom. The monoisotopic (exact) mass is 376 g/mol. The molecule has 0 unspecified atom stereocenters. The smallest absolute Gasteiger partial charge is 0.202 e. The number of fused-ring (bicyclic) bond motifs is 1. The number of benzene rings is 1. The molecule has 0 radical (unpaired) electrons. The van der Waals surface area contributed by atoms with Crippen molar-refractivity contribution in [3.05, 3.63) is 40.8 Å². The Kier molecular flexibility index (Phi) is 5.28. The maximum absolute atomic E-state index is 13.4. The third-order valence-corrected chi connectivity index (χ3v) is 4.80. The summed E-state index contributed by atoms with van der Waals surface area (Å²) in [5, 5.41) is 23.5. The summed E-state index contributed by atoms with van der Waals surface area (Å²) in [6, 6.07) is 4.79. The van der Waals surface area contributed by atoms with Crippen LogP contribution in [-0.4, -0.2) is 60.2 Å². The summed E-state index contributed by atoms with van der Waals surface area (Å²) in [6.45, 7) is 3.14. The van der Waals surface area contributed by atoms with Crippen molar-refractivity contribution in [2.45, 2.75) is 18.4 Å². The highest BCUT2D eigenvalue weighted by Gasteiger charge is 2.27. The number of ether oxygens (including phenoxy) is 1. The molecule has 144 valence electrons. The van der Waals surface area contributed by atoms with E-state index in [0.29, 0.717) is 25.5 Å².